The zero-order chi connectivity index (χ0) is 25.9. The number of hydrogen-bond acceptors (Lipinski definition) is 6. The first-order valence-corrected chi connectivity index (χ1v) is 13.0. The average Bonchev–Trinajstić information content (AvgIpc) is 3.48. The van der Waals surface area contributed by atoms with Crippen LogP contribution in [0.2, 0.25) is 0 Å². The van der Waals surface area contributed by atoms with E-state index in [1.54, 1.807) is 7.11 Å². The zero-order valence-corrected chi connectivity index (χ0v) is 21.8. The van der Waals surface area contributed by atoms with E-state index in [1.165, 1.54) is 11.8 Å². The summed E-state index contributed by atoms with van der Waals surface area (Å²) in [5.74, 6) is 0.258. The van der Waals surface area contributed by atoms with Crippen molar-refractivity contribution in [3.63, 3.8) is 0 Å². The maximum absolute atomic E-state index is 12.8. The Labute approximate surface area is 220 Å². The highest BCUT2D eigenvalue weighted by molar-refractivity contribution is 8.15. The van der Waals surface area contributed by atoms with Gasteiger partial charge in [0.2, 0.25) is 5.91 Å². The van der Waals surface area contributed by atoms with Crippen molar-refractivity contribution in [3.8, 4) is 5.75 Å². The third-order valence-corrected chi connectivity index (χ3v) is 7.46. The van der Waals surface area contributed by atoms with E-state index < -0.39 is 5.25 Å². The molecule has 2 aliphatic rings. The van der Waals surface area contributed by atoms with E-state index in [4.69, 9.17) is 9.84 Å². The molecule has 2 atom stereocenters. The van der Waals surface area contributed by atoms with Crippen LogP contribution in [-0.4, -0.2) is 40.1 Å². The summed E-state index contributed by atoms with van der Waals surface area (Å²) >= 11 is 1.30. The Kier molecular flexibility index (Phi) is 7.10. The predicted molar refractivity (Wildman–Crippen MR) is 148 cm³/mol. The summed E-state index contributed by atoms with van der Waals surface area (Å²) in [5, 5.41) is 9.58. The van der Waals surface area contributed by atoms with Crippen LogP contribution in [0.5, 0.6) is 5.75 Å². The van der Waals surface area contributed by atoms with E-state index in [-0.39, 0.29) is 24.3 Å². The molecule has 8 heteroatoms. The number of anilines is 1. The first kappa shape index (κ1) is 24.8. The minimum Gasteiger partial charge on any atom is -0.497 e. The third kappa shape index (κ3) is 5.59. The Hall–Kier alpha value is -3.91. The molecular weight excluding hydrogens is 484 g/mol. The SMILES string of the molecule is COc1ccc(C2=NN(C3=NC(=O)[C@H](CC(=O)Nc4cc(C)cc(C)c4)S3)[C@H](c3ccccc3)C2)cc1. The molecule has 0 radical (unpaired) electrons. The molecule has 0 unspecified atom stereocenters. The van der Waals surface area contributed by atoms with E-state index in [0.29, 0.717) is 11.6 Å². The first-order valence-electron chi connectivity index (χ1n) is 12.1. The van der Waals surface area contributed by atoms with Gasteiger partial charge >= 0.3 is 0 Å². The molecule has 5 rings (SSSR count). The van der Waals surface area contributed by atoms with Crippen LogP contribution in [0.25, 0.3) is 0 Å². The van der Waals surface area contributed by atoms with Gasteiger partial charge in [-0.05, 0) is 72.5 Å². The number of hydrazone groups is 1. The summed E-state index contributed by atoms with van der Waals surface area (Å²) in [5.41, 5.74) is 5.85. The number of aryl methyl sites for hydroxylation is 2. The molecule has 2 heterocycles. The molecule has 0 bridgehead atoms. The monoisotopic (exact) mass is 512 g/mol. The number of ether oxygens (including phenoxy) is 1. The van der Waals surface area contributed by atoms with Crippen molar-refractivity contribution in [3.05, 3.63) is 95.1 Å². The Bertz CT molecular complexity index is 1370. The molecule has 0 saturated carbocycles. The van der Waals surface area contributed by atoms with Gasteiger partial charge in [0, 0.05) is 18.5 Å². The average molecular weight is 513 g/mol. The zero-order valence-electron chi connectivity index (χ0n) is 21.0. The van der Waals surface area contributed by atoms with E-state index in [1.807, 2.05) is 79.5 Å². The van der Waals surface area contributed by atoms with Crippen molar-refractivity contribution in [1.29, 1.82) is 0 Å². The van der Waals surface area contributed by atoms with Crippen LogP contribution in [0, 0.1) is 13.8 Å². The fraction of sp³-hybridized carbons (Fsp3) is 0.241. The minimum atomic E-state index is -0.586. The number of methoxy groups -OCH3 is 1. The van der Waals surface area contributed by atoms with Gasteiger partial charge in [0.05, 0.1) is 18.9 Å². The molecule has 188 valence electrons. The molecule has 0 spiro atoms. The van der Waals surface area contributed by atoms with Crippen LogP contribution in [-0.2, 0) is 9.59 Å². The number of benzene rings is 3. The molecular formula is C29H28N4O3S. The van der Waals surface area contributed by atoms with Crippen LogP contribution in [0.4, 0.5) is 5.69 Å². The lowest BCUT2D eigenvalue weighted by molar-refractivity contribution is -0.121. The summed E-state index contributed by atoms with van der Waals surface area (Å²) < 4.78 is 5.29. The Morgan fingerprint density at radius 3 is 2.43 bits per heavy atom. The quantitative estimate of drug-likeness (QED) is 0.472. The maximum atomic E-state index is 12.8. The second kappa shape index (κ2) is 10.6. The number of carbonyl (C=O) groups excluding carboxylic acids is 2. The van der Waals surface area contributed by atoms with E-state index in [0.717, 1.165) is 39.4 Å². The molecule has 3 aromatic carbocycles. The number of amides is 2. The molecule has 0 fully saturated rings. The van der Waals surface area contributed by atoms with Gasteiger partial charge < -0.3 is 10.1 Å². The number of nitrogens with zero attached hydrogens (tertiary/aromatic N) is 3. The van der Waals surface area contributed by atoms with Crippen LogP contribution in [0.1, 0.15) is 41.1 Å². The predicted octanol–water partition coefficient (Wildman–Crippen LogP) is 5.49. The van der Waals surface area contributed by atoms with Crippen LogP contribution in [0.3, 0.4) is 0 Å². The number of thioether (sulfide) groups is 1. The maximum Gasteiger partial charge on any atom is 0.262 e. The van der Waals surface area contributed by atoms with Crippen molar-refractivity contribution in [2.45, 2.75) is 38.0 Å². The second-order valence-electron chi connectivity index (χ2n) is 9.22. The van der Waals surface area contributed by atoms with E-state index in [9.17, 15) is 9.59 Å². The van der Waals surface area contributed by atoms with Gasteiger partial charge in [-0.25, -0.2) is 5.01 Å². The normalized spacial score (nSPS) is 19.0. The van der Waals surface area contributed by atoms with Gasteiger partial charge in [0.15, 0.2) is 5.17 Å². The first-order chi connectivity index (χ1) is 17.9. The summed E-state index contributed by atoms with van der Waals surface area (Å²) in [6.07, 6.45) is 0.713. The van der Waals surface area contributed by atoms with Crippen molar-refractivity contribution in [2.75, 3.05) is 12.4 Å². The lowest BCUT2D eigenvalue weighted by Gasteiger charge is -2.23. The number of aliphatic imine (C=N–C) groups is 1. The molecule has 37 heavy (non-hydrogen) atoms. The van der Waals surface area contributed by atoms with Gasteiger partial charge in [0.25, 0.3) is 5.91 Å². The summed E-state index contributed by atoms with van der Waals surface area (Å²) in [6, 6.07) is 23.7. The lowest BCUT2D eigenvalue weighted by atomic mass is 9.98. The number of rotatable bonds is 6. The standard InChI is InChI=1S/C29H28N4O3S/c1-18-13-19(2)15-22(14-18)30-27(34)17-26-28(35)31-29(37-26)33-25(21-7-5-4-6-8-21)16-24(32-33)20-9-11-23(36-3)12-10-20/h4-15,25-26H,16-17H2,1-3H3,(H,30,34)/t25-,26-/m0/s1. The highest BCUT2D eigenvalue weighted by atomic mass is 32.2. The molecule has 1 N–H and O–H groups in total. The van der Waals surface area contributed by atoms with Gasteiger partial charge in [-0.1, -0.05) is 48.2 Å². The summed E-state index contributed by atoms with van der Waals surface area (Å²) in [4.78, 5) is 29.9. The second-order valence-corrected chi connectivity index (χ2v) is 10.4. The van der Waals surface area contributed by atoms with Crippen LogP contribution >= 0.6 is 11.8 Å². The smallest absolute Gasteiger partial charge is 0.262 e. The molecule has 0 aliphatic carbocycles. The third-order valence-electron chi connectivity index (χ3n) is 6.32. The Morgan fingerprint density at radius 2 is 1.76 bits per heavy atom. The van der Waals surface area contributed by atoms with E-state index in [2.05, 4.69) is 22.4 Å². The largest absolute Gasteiger partial charge is 0.497 e. The fourth-order valence-corrected chi connectivity index (χ4v) is 5.67. The minimum absolute atomic E-state index is 0.0440. The molecule has 0 aromatic heterocycles. The van der Waals surface area contributed by atoms with Crippen molar-refractivity contribution in [2.24, 2.45) is 10.1 Å². The van der Waals surface area contributed by atoms with Crippen molar-refractivity contribution in [1.82, 2.24) is 5.01 Å². The number of amidine groups is 1. The molecule has 7 nitrogen and oxygen atoms in total. The molecule has 0 saturated heterocycles. The Morgan fingerprint density at radius 1 is 1.05 bits per heavy atom. The van der Waals surface area contributed by atoms with Crippen molar-refractivity contribution < 1.29 is 14.3 Å². The lowest BCUT2D eigenvalue weighted by Crippen LogP contribution is -2.25. The van der Waals surface area contributed by atoms with Gasteiger partial charge in [0.1, 0.15) is 11.0 Å². The fourth-order valence-electron chi connectivity index (χ4n) is 4.61. The summed E-state index contributed by atoms with van der Waals surface area (Å²) in [6.45, 7) is 3.97. The number of carbonyl (C=O) groups is 2. The van der Waals surface area contributed by atoms with Gasteiger partial charge in [-0.3, -0.25) is 9.59 Å². The van der Waals surface area contributed by atoms with Crippen LogP contribution in [0.15, 0.2) is 82.9 Å². The summed E-state index contributed by atoms with van der Waals surface area (Å²) in [7, 11) is 1.64. The van der Waals surface area contributed by atoms with Gasteiger partial charge in [-0.2, -0.15) is 10.1 Å². The van der Waals surface area contributed by atoms with Gasteiger partial charge in [-0.15, -0.1) is 0 Å². The van der Waals surface area contributed by atoms with Crippen molar-refractivity contribution >= 4 is 40.1 Å². The van der Waals surface area contributed by atoms with Crippen LogP contribution < -0.4 is 10.1 Å². The molecule has 3 aromatic rings. The topological polar surface area (TPSA) is 83.4 Å². The number of hydrogen-bond donors (Lipinski definition) is 1. The Balaban J connectivity index is 1.34. The van der Waals surface area contributed by atoms with E-state index >= 15 is 0 Å². The molecule has 2 aliphatic heterocycles. The molecule has 2 amide bonds. The highest BCUT2D eigenvalue weighted by Gasteiger charge is 2.39. The number of nitrogens with one attached hydrogen (secondary N) is 1. The highest BCUT2D eigenvalue weighted by Crippen LogP contribution is 2.38.